The fourth-order valence-corrected chi connectivity index (χ4v) is 1.51. The fourth-order valence-electron chi connectivity index (χ4n) is 1.51. The molecule has 0 bridgehead atoms. The number of hydrogen-bond acceptors (Lipinski definition) is 4. The minimum Gasteiger partial charge on any atom is -0.446 e. The predicted octanol–water partition coefficient (Wildman–Crippen LogP) is 0.535. The third-order valence-corrected chi connectivity index (χ3v) is 2.69. The van der Waals surface area contributed by atoms with Crippen LogP contribution in [-0.2, 0) is 9.53 Å². The van der Waals surface area contributed by atoms with Crippen LogP contribution in [0.15, 0.2) is 0 Å². The van der Waals surface area contributed by atoms with Gasteiger partial charge in [-0.1, -0.05) is 0 Å². The van der Waals surface area contributed by atoms with Crippen LogP contribution in [0.25, 0.3) is 0 Å². The summed E-state index contributed by atoms with van der Waals surface area (Å²) in [7, 11) is 3.38. The Morgan fingerprint density at radius 2 is 1.94 bits per heavy atom. The van der Waals surface area contributed by atoms with Crippen LogP contribution >= 0.6 is 0 Å². The summed E-state index contributed by atoms with van der Waals surface area (Å²) in [6, 6.07) is -0.137. The molecule has 0 aliphatic carbocycles. The quantitative estimate of drug-likeness (QED) is 0.708. The molecule has 18 heavy (non-hydrogen) atoms. The second-order valence-electron chi connectivity index (χ2n) is 5.83. The normalized spacial score (nSPS) is 23.6. The van der Waals surface area contributed by atoms with Crippen LogP contribution in [0, 0.1) is 5.41 Å². The number of carbonyl (C=O) groups is 2. The Balaban J connectivity index is 2.38. The summed E-state index contributed by atoms with van der Waals surface area (Å²) in [5.74, 6) is -0.236. The highest BCUT2D eigenvalue weighted by atomic mass is 16.6. The molecule has 6 heteroatoms. The summed E-state index contributed by atoms with van der Waals surface area (Å²) in [4.78, 5) is 24.6. The Labute approximate surface area is 108 Å². The van der Waals surface area contributed by atoms with Gasteiger partial charge in [0.05, 0.1) is 5.41 Å². The molecule has 1 unspecified atom stereocenters. The van der Waals surface area contributed by atoms with Gasteiger partial charge in [-0.25, -0.2) is 4.79 Å². The second kappa shape index (κ2) is 5.56. The maximum absolute atomic E-state index is 11.7. The van der Waals surface area contributed by atoms with Crippen molar-refractivity contribution < 1.29 is 14.3 Å². The fraction of sp³-hybridized carbons (Fsp3) is 0.833. The number of rotatable bonds is 2. The molecule has 1 aliphatic heterocycles. The van der Waals surface area contributed by atoms with Crippen LogP contribution < -0.4 is 10.6 Å². The molecular weight excluding hydrogens is 234 g/mol. The van der Waals surface area contributed by atoms with Gasteiger partial charge < -0.3 is 15.0 Å². The Hall–Kier alpha value is -1.30. The van der Waals surface area contributed by atoms with Crippen molar-refractivity contribution >= 4 is 12.0 Å². The SMILES string of the molecule is CN(C)C(=O)N[C@@H]1CNC(OC(=O)C(C)(C)C)C1. The molecule has 104 valence electrons. The van der Waals surface area contributed by atoms with Crippen molar-refractivity contribution in [3.8, 4) is 0 Å². The number of carbonyl (C=O) groups excluding carboxylic acids is 2. The van der Waals surface area contributed by atoms with Crippen LogP contribution in [0.4, 0.5) is 4.79 Å². The van der Waals surface area contributed by atoms with E-state index in [1.165, 1.54) is 4.90 Å². The third-order valence-electron chi connectivity index (χ3n) is 2.69. The lowest BCUT2D eigenvalue weighted by molar-refractivity contribution is -0.159. The van der Waals surface area contributed by atoms with Crippen LogP contribution in [-0.4, -0.2) is 49.8 Å². The van der Waals surface area contributed by atoms with Gasteiger partial charge in [-0.2, -0.15) is 0 Å². The first-order valence-electron chi connectivity index (χ1n) is 6.12. The lowest BCUT2D eigenvalue weighted by Crippen LogP contribution is -2.42. The van der Waals surface area contributed by atoms with E-state index < -0.39 is 5.41 Å². The number of amides is 2. The van der Waals surface area contributed by atoms with Crippen molar-refractivity contribution in [2.45, 2.75) is 39.5 Å². The van der Waals surface area contributed by atoms with Crippen molar-refractivity contribution in [1.29, 1.82) is 0 Å². The summed E-state index contributed by atoms with van der Waals surface area (Å²) in [6.07, 6.45) is 0.283. The molecule has 0 spiro atoms. The van der Waals surface area contributed by atoms with Crippen LogP contribution in [0.2, 0.25) is 0 Å². The Morgan fingerprint density at radius 3 is 2.44 bits per heavy atom. The minimum absolute atomic E-state index is 0.00216. The highest BCUT2D eigenvalue weighted by molar-refractivity contribution is 5.75. The molecule has 2 N–H and O–H groups in total. The molecule has 6 nitrogen and oxygen atoms in total. The van der Waals surface area contributed by atoms with Gasteiger partial charge in [0.25, 0.3) is 0 Å². The molecule has 0 aromatic rings. The Bertz CT molecular complexity index is 323. The van der Waals surface area contributed by atoms with E-state index in [1.807, 2.05) is 20.8 Å². The summed E-state index contributed by atoms with van der Waals surface area (Å²) < 4.78 is 5.33. The van der Waals surface area contributed by atoms with Gasteiger partial charge >= 0.3 is 12.0 Å². The maximum atomic E-state index is 11.7. The van der Waals surface area contributed by atoms with E-state index >= 15 is 0 Å². The van der Waals surface area contributed by atoms with E-state index in [-0.39, 0.29) is 24.3 Å². The largest absolute Gasteiger partial charge is 0.446 e. The van der Waals surface area contributed by atoms with Gasteiger partial charge in [-0.15, -0.1) is 0 Å². The minimum atomic E-state index is -0.507. The Kier molecular flexibility index (Phi) is 4.56. The molecule has 2 atom stereocenters. The monoisotopic (exact) mass is 257 g/mol. The van der Waals surface area contributed by atoms with Crippen LogP contribution in [0.3, 0.4) is 0 Å². The van der Waals surface area contributed by atoms with Crippen LogP contribution in [0.1, 0.15) is 27.2 Å². The summed E-state index contributed by atoms with van der Waals surface area (Å²) >= 11 is 0. The zero-order valence-corrected chi connectivity index (χ0v) is 11.7. The number of nitrogens with zero attached hydrogens (tertiary/aromatic N) is 1. The topological polar surface area (TPSA) is 70.7 Å². The zero-order valence-electron chi connectivity index (χ0n) is 11.7. The van der Waals surface area contributed by atoms with Gasteiger partial charge in [0.15, 0.2) is 6.23 Å². The average Bonchev–Trinajstić information content (AvgIpc) is 2.63. The number of urea groups is 1. The van der Waals surface area contributed by atoms with Crippen molar-refractivity contribution in [2.75, 3.05) is 20.6 Å². The number of hydrogen-bond donors (Lipinski definition) is 2. The van der Waals surface area contributed by atoms with E-state index in [0.717, 1.165) is 0 Å². The summed E-state index contributed by atoms with van der Waals surface area (Å²) in [5, 5.41) is 5.93. The number of nitrogens with one attached hydrogen (secondary N) is 2. The molecule has 0 aromatic heterocycles. The van der Waals surface area contributed by atoms with Crippen molar-refractivity contribution in [1.82, 2.24) is 15.5 Å². The lowest BCUT2D eigenvalue weighted by atomic mass is 9.97. The maximum Gasteiger partial charge on any atom is 0.317 e. The van der Waals surface area contributed by atoms with E-state index in [4.69, 9.17) is 4.74 Å². The summed E-state index contributed by atoms with van der Waals surface area (Å²) in [5.41, 5.74) is -0.507. The average molecular weight is 257 g/mol. The smallest absolute Gasteiger partial charge is 0.317 e. The van der Waals surface area contributed by atoms with Gasteiger partial charge in [-0.3, -0.25) is 10.1 Å². The van der Waals surface area contributed by atoms with Gasteiger partial charge in [0.1, 0.15) is 0 Å². The van der Waals surface area contributed by atoms with Crippen molar-refractivity contribution in [2.24, 2.45) is 5.41 Å². The number of esters is 1. The second-order valence-corrected chi connectivity index (χ2v) is 5.83. The molecule has 1 saturated heterocycles. The van der Waals surface area contributed by atoms with Crippen LogP contribution in [0.5, 0.6) is 0 Å². The van der Waals surface area contributed by atoms with Crippen molar-refractivity contribution in [3.63, 3.8) is 0 Å². The zero-order chi connectivity index (χ0) is 13.9. The van der Waals surface area contributed by atoms with Gasteiger partial charge in [-0.05, 0) is 20.8 Å². The molecule has 0 aromatic carbocycles. The first kappa shape index (κ1) is 14.8. The highest BCUT2D eigenvalue weighted by Gasteiger charge is 2.31. The predicted molar refractivity (Wildman–Crippen MR) is 68.0 cm³/mol. The number of ether oxygens (including phenoxy) is 1. The van der Waals surface area contributed by atoms with E-state index in [9.17, 15) is 9.59 Å². The summed E-state index contributed by atoms with van der Waals surface area (Å²) in [6.45, 7) is 6.06. The van der Waals surface area contributed by atoms with E-state index in [1.54, 1.807) is 14.1 Å². The molecule has 0 radical (unpaired) electrons. The highest BCUT2D eigenvalue weighted by Crippen LogP contribution is 2.18. The molecule has 1 rings (SSSR count). The lowest BCUT2D eigenvalue weighted by Gasteiger charge is -2.20. The van der Waals surface area contributed by atoms with Gasteiger partial charge in [0.2, 0.25) is 0 Å². The first-order chi connectivity index (χ1) is 8.20. The van der Waals surface area contributed by atoms with Gasteiger partial charge in [0, 0.05) is 33.1 Å². The molecule has 2 amide bonds. The van der Waals surface area contributed by atoms with E-state index in [0.29, 0.717) is 13.0 Å². The van der Waals surface area contributed by atoms with E-state index in [2.05, 4.69) is 10.6 Å². The molecule has 1 aliphatic rings. The molecule has 1 fully saturated rings. The standard InChI is InChI=1S/C12H23N3O3/c1-12(2,3)10(16)18-9-6-8(7-13-9)14-11(17)15(4)5/h8-9,13H,6-7H2,1-5H3,(H,14,17)/t8-,9?/m0/s1. The third kappa shape index (κ3) is 4.18. The first-order valence-corrected chi connectivity index (χ1v) is 6.12. The molecule has 0 saturated carbocycles. The van der Waals surface area contributed by atoms with Crippen molar-refractivity contribution in [3.05, 3.63) is 0 Å². The Morgan fingerprint density at radius 1 is 1.33 bits per heavy atom. The molecular formula is C12H23N3O3. The molecule has 1 heterocycles.